The van der Waals surface area contributed by atoms with Crippen LogP contribution in [0.25, 0.3) is 0 Å². The number of ether oxygens (including phenoxy) is 2. The topological polar surface area (TPSA) is 120 Å². The fourth-order valence-electron chi connectivity index (χ4n) is 2.88. The highest BCUT2D eigenvalue weighted by Gasteiger charge is 2.37. The van der Waals surface area contributed by atoms with Gasteiger partial charge in [-0.15, -0.1) is 10.2 Å². The third kappa shape index (κ3) is 4.42. The van der Waals surface area contributed by atoms with Gasteiger partial charge in [-0.2, -0.15) is 0 Å². The van der Waals surface area contributed by atoms with Crippen molar-refractivity contribution >= 4 is 32.4 Å². The molecule has 0 saturated heterocycles. The van der Waals surface area contributed by atoms with Gasteiger partial charge in [0.1, 0.15) is 17.1 Å². The summed E-state index contributed by atoms with van der Waals surface area (Å²) in [5.74, 6) is 0.928. The Labute approximate surface area is 167 Å². The number of aromatic nitrogens is 2. The number of hydrogen-bond acceptors (Lipinski definition) is 8. The van der Waals surface area contributed by atoms with E-state index in [1.54, 1.807) is 32.2 Å². The largest absolute Gasteiger partial charge is 0.497 e. The molecule has 0 radical (unpaired) electrons. The number of methoxy groups -OCH3 is 1. The summed E-state index contributed by atoms with van der Waals surface area (Å²) in [6.45, 7) is 5.47. The maximum atomic E-state index is 12.8. The van der Waals surface area contributed by atoms with Gasteiger partial charge in [0.25, 0.3) is 10.0 Å². The summed E-state index contributed by atoms with van der Waals surface area (Å²) in [5, 5.41) is 10.1. The van der Waals surface area contributed by atoms with E-state index in [4.69, 9.17) is 9.47 Å². The Morgan fingerprint density at radius 1 is 1.39 bits per heavy atom. The summed E-state index contributed by atoms with van der Waals surface area (Å²) in [6, 6.07) is 4.77. The zero-order valence-corrected chi connectivity index (χ0v) is 17.6. The quantitative estimate of drug-likeness (QED) is 0.681. The van der Waals surface area contributed by atoms with Gasteiger partial charge in [0.15, 0.2) is 0 Å². The van der Waals surface area contributed by atoms with E-state index < -0.39 is 21.7 Å². The molecule has 28 heavy (non-hydrogen) atoms. The third-order valence-corrected chi connectivity index (χ3v) is 6.86. The summed E-state index contributed by atoms with van der Waals surface area (Å²) in [5.41, 5.74) is 0.140. The molecule has 1 aliphatic rings. The third-order valence-electron chi connectivity index (χ3n) is 4.18. The van der Waals surface area contributed by atoms with Gasteiger partial charge in [0.2, 0.25) is 15.4 Å². The molecule has 1 atom stereocenters. The summed E-state index contributed by atoms with van der Waals surface area (Å²) in [4.78, 5) is 11.5. The Hall–Kier alpha value is -2.24. The summed E-state index contributed by atoms with van der Waals surface area (Å²) >= 11 is 0.803. The minimum absolute atomic E-state index is 0.143. The molecule has 1 aromatic carbocycles. The average molecular weight is 427 g/mol. The highest BCUT2D eigenvalue weighted by molar-refractivity contribution is 7.91. The molecule has 11 heteroatoms. The molecule has 0 bridgehead atoms. The Morgan fingerprint density at radius 2 is 2.14 bits per heavy atom. The number of nitrogens with one attached hydrogen (secondary N) is 2. The Morgan fingerprint density at radius 3 is 2.82 bits per heavy atom. The maximum absolute atomic E-state index is 12.8. The van der Waals surface area contributed by atoms with E-state index in [0.29, 0.717) is 23.5 Å². The lowest BCUT2D eigenvalue weighted by Gasteiger charge is -2.37. The van der Waals surface area contributed by atoms with E-state index in [9.17, 15) is 13.2 Å². The molecular formula is C17H22N4O5S2. The number of rotatable bonds is 6. The van der Waals surface area contributed by atoms with E-state index in [1.165, 1.54) is 0 Å². The lowest BCUT2D eigenvalue weighted by atomic mass is 9.90. The van der Waals surface area contributed by atoms with Gasteiger partial charge in [-0.1, -0.05) is 24.3 Å². The molecule has 1 amide bonds. The Bertz CT molecular complexity index is 987. The molecule has 152 valence electrons. The molecule has 0 spiro atoms. The van der Waals surface area contributed by atoms with Gasteiger partial charge < -0.3 is 14.8 Å². The van der Waals surface area contributed by atoms with Crippen molar-refractivity contribution in [3.63, 3.8) is 0 Å². The molecule has 9 nitrogen and oxygen atoms in total. The highest BCUT2D eigenvalue weighted by atomic mass is 32.2. The second kappa shape index (κ2) is 7.64. The van der Waals surface area contributed by atoms with Gasteiger partial charge in [-0.25, -0.2) is 13.1 Å². The molecule has 0 saturated carbocycles. The van der Waals surface area contributed by atoms with E-state index >= 15 is 0 Å². The number of anilines is 1. The average Bonchev–Trinajstić information content (AvgIpc) is 3.09. The molecular weight excluding hydrogens is 404 g/mol. The van der Waals surface area contributed by atoms with Crippen LogP contribution >= 0.6 is 11.3 Å². The summed E-state index contributed by atoms with van der Waals surface area (Å²) < 4.78 is 39.4. The number of amides is 1. The number of nitrogens with zero attached hydrogens (tertiary/aromatic N) is 2. The minimum Gasteiger partial charge on any atom is -0.497 e. The van der Waals surface area contributed by atoms with Crippen molar-refractivity contribution in [1.82, 2.24) is 14.9 Å². The molecule has 0 unspecified atom stereocenters. The molecule has 1 aromatic heterocycles. The molecule has 0 fully saturated rings. The van der Waals surface area contributed by atoms with E-state index in [1.807, 2.05) is 13.8 Å². The standard InChI is InChI=1S/C17H22N4O5S2/c1-5-14(22)18-15-19-20-16(27-15)28(23,24)21-12-9-17(2,3)26-13-8-10(25-4)6-7-11(12)13/h6-8,12,21H,5,9H2,1-4H3,(H,18,19,22)/t12-/m0/s1. The summed E-state index contributed by atoms with van der Waals surface area (Å²) in [7, 11) is -2.38. The van der Waals surface area contributed by atoms with Crippen LogP contribution in [0.3, 0.4) is 0 Å². The van der Waals surface area contributed by atoms with Crippen LogP contribution in [0.15, 0.2) is 22.5 Å². The first kappa shape index (κ1) is 20.5. The predicted octanol–water partition coefficient (Wildman–Crippen LogP) is 2.48. The normalized spacial score (nSPS) is 18.1. The monoisotopic (exact) mass is 426 g/mol. The smallest absolute Gasteiger partial charge is 0.270 e. The van der Waals surface area contributed by atoms with Crippen LogP contribution in [0.5, 0.6) is 11.5 Å². The van der Waals surface area contributed by atoms with Crippen molar-refractivity contribution < 1.29 is 22.7 Å². The Kier molecular flexibility index (Phi) is 5.60. The first-order chi connectivity index (χ1) is 13.1. The predicted molar refractivity (Wildman–Crippen MR) is 104 cm³/mol. The van der Waals surface area contributed by atoms with Crippen LogP contribution in [-0.4, -0.2) is 37.2 Å². The molecule has 2 heterocycles. The lowest BCUT2D eigenvalue weighted by molar-refractivity contribution is -0.115. The molecule has 3 rings (SSSR count). The molecule has 2 N–H and O–H groups in total. The second-order valence-corrected chi connectivity index (χ2v) is 9.78. The fraction of sp³-hybridized carbons (Fsp3) is 0.471. The maximum Gasteiger partial charge on any atom is 0.270 e. The van der Waals surface area contributed by atoms with E-state index in [0.717, 1.165) is 11.3 Å². The first-order valence-corrected chi connectivity index (χ1v) is 11.0. The lowest BCUT2D eigenvalue weighted by Crippen LogP contribution is -2.41. The molecule has 1 aliphatic heterocycles. The number of hydrogen-bond donors (Lipinski definition) is 2. The second-order valence-electron chi connectivity index (χ2n) is 6.92. The SMILES string of the molecule is CCC(=O)Nc1nnc(S(=O)(=O)N[C@H]2CC(C)(C)Oc3cc(OC)ccc32)s1. The van der Waals surface area contributed by atoms with E-state index in [2.05, 4.69) is 20.2 Å². The zero-order valence-electron chi connectivity index (χ0n) is 16.0. The number of benzene rings is 1. The van der Waals surface area contributed by atoms with Gasteiger partial charge >= 0.3 is 0 Å². The number of carbonyl (C=O) groups is 1. The summed E-state index contributed by atoms with van der Waals surface area (Å²) in [6.07, 6.45) is 0.696. The van der Waals surface area contributed by atoms with Gasteiger partial charge in [0.05, 0.1) is 13.2 Å². The van der Waals surface area contributed by atoms with Crippen LogP contribution < -0.4 is 19.5 Å². The van der Waals surface area contributed by atoms with Crippen LogP contribution in [0.1, 0.15) is 45.2 Å². The first-order valence-electron chi connectivity index (χ1n) is 8.66. The van der Waals surface area contributed by atoms with Crippen molar-refractivity contribution in [1.29, 1.82) is 0 Å². The van der Waals surface area contributed by atoms with Gasteiger partial charge in [0, 0.05) is 24.5 Å². The molecule has 2 aromatic rings. The van der Waals surface area contributed by atoms with Crippen molar-refractivity contribution in [2.24, 2.45) is 0 Å². The highest BCUT2D eigenvalue weighted by Crippen LogP contribution is 2.42. The van der Waals surface area contributed by atoms with Crippen molar-refractivity contribution in [2.45, 2.75) is 49.6 Å². The van der Waals surface area contributed by atoms with Crippen LogP contribution in [-0.2, 0) is 14.8 Å². The van der Waals surface area contributed by atoms with Crippen LogP contribution in [0.4, 0.5) is 5.13 Å². The number of sulfonamides is 1. The fourth-order valence-corrected chi connectivity index (χ4v) is 5.03. The van der Waals surface area contributed by atoms with Crippen molar-refractivity contribution in [3.8, 4) is 11.5 Å². The van der Waals surface area contributed by atoms with Crippen LogP contribution in [0, 0.1) is 0 Å². The molecule has 0 aliphatic carbocycles. The number of carbonyl (C=O) groups excluding carboxylic acids is 1. The van der Waals surface area contributed by atoms with Gasteiger partial charge in [-0.3, -0.25) is 4.79 Å². The van der Waals surface area contributed by atoms with E-state index in [-0.39, 0.29) is 21.8 Å². The Balaban J connectivity index is 1.87. The van der Waals surface area contributed by atoms with Crippen molar-refractivity contribution in [3.05, 3.63) is 23.8 Å². The minimum atomic E-state index is -3.93. The zero-order chi connectivity index (χ0) is 20.5. The van der Waals surface area contributed by atoms with Gasteiger partial charge in [-0.05, 0) is 19.9 Å². The van der Waals surface area contributed by atoms with Crippen LogP contribution in [0.2, 0.25) is 0 Å². The van der Waals surface area contributed by atoms with Crippen molar-refractivity contribution in [2.75, 3.05) is 12.4 Å². The number of fused-ring (bicyclic) bond motifs is 1.